The van der Waals surface area contributed by atoms with Crippen LogP contribution in [-0.2, 0) is 15.7 Å². The molecule has 0 nitrogen and oxygen atoms in total. The summed E-state index contributed by atoms with van der Waals surface area (Å²) < 4.78 is 0. The van der Waals surface area contributed by atoms with Crippen LogP contribution in [0.1, 0.15) is 6.92 Å². The average molecular weight is 126 g/mol. The van der Waals surface area contributed by atoms with Crippen LogP contribution >= 0.6 is 0 Å². The summed E-state index contributed by atoms with van der Waals surface area (Å²) in [6.45, 7) is 1.97. The fourth-order valence-electron chi connectivity index (χ4n) is 0.148. The van der Waals surface area contributed by atoms with Crippen LogP contribution in [0.3, 0.4) is 0 Å². The van der Waals surface area contributed by atoms with Gasteiger partial charge in [-0.15, -0.1) is 0 Å². The molecule has 1 heteroatoms. The van der Waals surface area contributed by atoms with Gasteiger partial charge in [-0.25, -0.2) is 0 Å². The topological polar surface area (TPSA) is 0 Å². The molecule has 0 radical (unpaired) electrons. The van der Waals surface area contributed by atoms with Crippen LogP contribution in [-0.4, -0.2) is 0 Å². The summed E-state index contributed by atoms with van der Waals surface area (Å²) in [6, 6.07) is 0. The molecule has 0 unspecified atom stereocenters. The van der Waals surface area contributed by atoms with Crippen molar-refractivity contribution in [2.75, 3.05) is 0 Å². The van der Waals surface area contributed by atoms with Crippen molar-refractivity contribution in [2.24, 2.45) is 0 Å². The summed E-state index contributed by atoms with van der Waals surface area (Å²) in [7, 11) is 0. The first-order valence-electron chi connectivity index (χ1n) is 1.77. The number of hydrogen-bond acceptors (Lipinski definition) is 0. The second-order valence-corrected chi connectivity index (χ2v) is 1.18. The second kappa shape index (κ2) is 4.99. The minimum atomic E-state index is 1.69. The minimum absolute atomic E-state index is 1.69. The Bertz CT molecular complexity index is 52.3. The fourth-order valence-corrected chi connectivity index (χ4v) is 0.264. The van der Waals surface area contributed by atoms with Gasteiger partial charge in [-0.05, 0) is 0 Å². The van der Waals surface area contributed by atoms with Gasteiger partial charge in [0.2, 0.25) is 0 Å². The first-order chi connectivity index (χ1) is 2.91. The molecule has 0 atom stereocenters. The summed E-state index contributed by atoms with van der Waals surface area (Å²) in [6.07, 6.45) is 5.73. The van der Waals surface area contributed by atoms with E-state index in [1.54, 1.807) is 5.01 Å². The van der Waals surface area contributed by atoms with Crippen molar-refractivity contribution in [1.82, 2.24) is 0 Å². The molecular formula is C5H7Co. The second-order valence-electron chi connectivity index (χ2n) is 0.829. The zero-order valence-electron chi connectivity index (χ0n) is 3.64. The van der Waals surface area contributed by atoms with E-state index in [1.165, 1.54) is 0 Å². The van der Waals surface area contributed by atoms with Gasteiger partial charge in [0.1, 0.15) is 0 Å². The first kappa shape index (κ1) is 5.99. The summed E-state index contributed by atoms with van der Waals surface area (Å²) in [4.78, 5) is 0. The van der Waals surface area contributed by atoms with Crippen LogP contribution in [0.2, 0.25) is 0 Å². The van der Waals surface area contributed by atoms with E-state index in [0.29, 0.717) is 0 Å². The molecule has 0 aromatic rings. The van der Waals surface area contributed by atoms with Crippen molar-refractivity contribution in [3.8, 4) is 0 Å². The number of allylic oxidation sites excluding steroid dienone is 3. The normalized spacial score (nSPS) is 11.8. The quantitative estimate of drug-likeness (QED) is 0.468. The van der Waals surface area contributed by atoms with E-state index in [9.17, 15) is 0 Å². The molecular weight excluding hydrogens is 119 g/mol. The van der Waals surface area contributed by atoms with Crippen molar-refractivity contribution in [3.05, 3.63) is 23.2 Å². The molecule has 0 aliphatic rings. The van der Waals surface area contributed by atoms with Crippen molar-refractivity contribution in [1.29, 1.82) is 0 Å². The van der Waals surface area contributed by atoms with E-state index < -0.39 is 0 Å². The fraction of sp³-hybridized carbons (Fsp3) is 0.200. The third-order valence-corrected chi connectivity index (χ3v) is 0.568. The van der Waals surface area contributed by atoms with Crippen LogP contribution in [0, 0.1) is 0 Å². The summed E-state index contributed by atoms with van der Waals surface area (Å²) >= 11 is 3.86. The molecule has 0 N–H and O–H groups in total. The van der Waals surface area contributed by atoms with E-state index in [-0.39, 0.29) is 0 Å². The van der Waals surface area contributed by atoms with E-state index in [2.05, 4.69) is 15.7 Å². The van der Waals surface area contributed by atoms with Crippen LogP contribution < -0.4 is 0 Å². The van der Waals surface area contributed by atoms with Gasteiger partial charge in [-0.3, -0.25) is 0 Å². The van der Waals surface area contributed by atoms with Gasteiger partial charge in [-0.2, -0.15) is 0 Å². The third kappa shape index (κ3) is 3.99. The summed E-state index contributed by atoms with van der Waals surface area (Å²) in [5, 5.41) is 1.69. The van der Waals surface area contributed by atoms with Gasteiger partial charge in [0.15, 0.2) is 0 Å². The molecule has 0 aromatic heterocycles. The van der Waals surface area contributed by atoms with Crippen molar-refractivity contribution < 1.29 is 15.7 Å². The van der Waals surface area contributed by atoms with E-state index in [1.807, 2.05) is 25.2 Å². The average Bonchev–Trinajstić information content (AvgIpc) is 1.61. The van der Waals surface area contributed by atoms with Crippen molar-refractivity contribution >= 4 is 0 Å². The van der Waals surface area contributed by atoms with Gasteiger partial charge in [-0.1, -0.05) is 0 Å². The maximum absolute atomic E-state index is 3.86. The van der Waals surface area contributed by atoms with Gasteiger partial charge >= 0.3 is 45.9 Å². The molecule has 0 aromatic carbocycles. The molecule has 0 aliphatic heterocycles. The monoisotopic (exact) mass is 126 g/mol. The molecule has 0 amide bonds. The van der Waals surface area contributed by atoms with Crippen LogP contribution in [0.25, 0.3) is 0 Å². The first-order valence-corrected chi connectivity index (χ1v) is 2.37. The molecule has 0 aliphatic carbocycles. The standard InChI is InChI=1S/C5H7.Co/c1-3-5-4-2;/h1,3-5H,2H3;/b3-1?,5-4+;. The van der Waals surface area contributed by atoms with Crippen molar-refractivity contribution in [3.63, 3.8) is 0 Å². The van der Waals surface area contributed by atoms with Crippen molar-refractivity contribution in [2.45, 2.75) is 6.92 Å². The van der Waals surface area contributed by atoms with Crippen LogP contribution in [0.15, 0.2) is 23.2 Å². The zero-order valence-corrected chi connectivity index (χ0v) is 4.68. The molecule has 0 bridgehead atoms. The Hall–Kier alpha value is -0.0135. The van der Waals surface area contributed by atoms with E-state index in [4.69, 9.17) is 0 Å². The molecule has 0 spiro atoms. The summed E-state index contributed by atoms with van der Waals surface area (Å²) in [5.41, 5.74) is 0. The van der Waals surface area contributed by atoms with Crippen LogP contribution in [0.5, 0.6) is 0 Å². The Labute approximate surface area is 46.5 Å². The SMILES string of the molecule is C/C=C/C=[CH]/[Co]. The Morgan fingerprint density at radius 1 is 1.33 bits per heavy atom. The van der Waals surface area contributed by atoms with E-state index in [0.717, 1.165) is 0 Å². The van der Waals surface area contributed by atoms with Gasteiger partial charge in [0, 0.05) is 0 Å². The predicted molar refractivity (Wildman–Crippen MR) is 24.0 cm³/mol. The Morgan fingerprint density at radius 2 is 2.00 bits per heavy atom. The molecule has 0 fully saturated rings. The Balaban J connectivity index is 3.07. The molecule has 36 valence electrons. The van der Waals surface area contributed by atoms with Gasteiger partial charge in [0.25, 0.3) is 0 Å². The molecule has 0 heterocycles. The number of rotatable bonds is 1. The molecule has 0 saturated heterocycles. The molecule has 6 heavy (non-hydrogen) atoms. The van der Waals surface area contributed by atoms with Gasteiger partial charge < -0.3 is 0 Å². The molecule has 0 saturated carbocycles. The maximum atomic E-state index is 3.86. The third-order valence-electron chi connectivity index (χ3n) is 0.368. The molecule has 0 rings (SSSR count). The number of hydrogen-bond donors (Lipinski definition) is 0. The van der Waals surface area contributed by atoms with Crippen LogP contribution in [0.4, 0.5) is 0 Å². The predicted octanol–water partition coefficient (Wildman–Crippen LogP) is 1.62. The Kier molecular flexibility index (Phi) is 4.98. The van der Waals surface area contributed by atoms with Gasteiger partial charge in [0.05, 0.1) is 0 Å². The zero-order chi connectivity index (χ0) is 4.83. The van der Waals surface area contributed by atoms with E-state index >= 15 is 0 Å². The Morgan fingerprint density at radius 3 is 2.17 bits per heavy atom. The summed E-state index contributed by atoms with van der Waals surface area (Å²) in [5.74, 6) is 0.